The van der Waals surface area contributed by atoms with Crippen LogP contribution in [0.5, 0.6) is 5.75 Å². The zero-order chi connectivity index (χ0) is 30.4. The van der Waals surface area contributed by atoms with Crippen LogP contribution in [0.15, 0.2) is 84.9 Å². The molecule has 0 aliphatic rings. The lowest BCUT2D eigenvalue weighted by Crippen LogP contribution is -2.44. The summed E-state index contributed by atoms with van der Waals surface area (Å²) in [7, 11) is 1.66. The van der Waals surface area contributed by atoms with Crippen LogP contribution in [0.1, 0.15) is 94.2 Å². The lowest BCUT2D eigenvalue weighted by atomic mass is 10.00. The van der Waals surface area contributed by atoms with Crippen molar-refractivity contribution in [1.29, 1.82) is 0 Å². The van der Waals surface area contributed by atoms with Crippen LogP contribution in [0.25, 0.3) is 0 Å². The van der Waals surface area contributed by atoms with E-state index < -0.39 is 18.3 Å². The van der Waals surface area contributed by atoms with E-state index in [-0.39, 0.29) is 0 Å². The SMILES string of the molecule is CCCCCCCCCCCCC(O)[C@@H](OCc1ccccc1)[C@@H](COCc1ccccc1)OCc1ccc(OC)cc1. The molecule has 1 unspecified atom stereocenters. The van der Waals surface area contributed by atoms with Gasteiger partial charge in [0.05, 0.1) is 39.6 Å². The van der Waals surface area contributed by atoms with Crippen molar-refractivity contribution in [3.63, 3.8) is 0 Å². The Bertz CT molecular complexity index is 1060. The Labute approximate surface area is 260 Å². The molecule has 0 saturated carbocycles. The molecule has 0 aromatic heterocycles. The van der Waals surface area contributed by atoms with Crippen LogP contribution in [0.2, 0.25) is 0 Å². The Morgan fingerprint density at radius 3 is 1.67 bits per heavy atom. The Morgan fingerprint density at radius 2 is 1.09 bits per heavy atom. The smallest absolute Gasteiger partial charge is 0.118 e. The Balaban J connectivity index is 1.60. The van der Waals surface area contributed by atoms with Gasteiger partial charge in [-0.3, -0.25) is 0 Å². The molecule has 5 nitrogen and oxygen atoms in total. The van der Waals surface area contributed by atoms with Crippen molar-refractivity contribution in [2.75, 3.05) is 13.7 Å². The normalized spacial score (nSPS) is 13.5. The first-order chi connectivity index (χ1) is 21.2. The van der Waals surface area contributed by atoms with Crippen LogP contribution in [0.3, 0.4) is 0 Å². The van der Waals surface area contributed by atoms with Crippen LogP contribution in [-0.4, -0.2) is 37.1 Å². The lowest BCUT2D eigenvalue weighted by Gasteiger charge is -2.31. The first-order valence-electron chi connectivity index (χ1n) is 16.4. The van der Waals surface area contributed by atoms with Crippen LogP contribution >= 0.6 is 0 Å². The highest BCUT2D eigenvalue weighted by Gasteiger charge is 2.30. The number of ether oxygens (including phenoxy) is 4. The van der Waals surface area contributed by atoms with Crippen molar-refractivity contribution in [3.8, 4) is 5.75 Å². The summed E-state index contributed by atoms with van der Waals surface area (Å²) in [5.41, 5.74) is 3.20. The van der Waals surface area contributed by atoms with Gasteiger partial charge in [-0.25, -0.2) is 0 Å². The average Bonchev–Trinajstić information content (AvgIpc) is 3.05. The lowest BCUT2D eigenvalue weighted by molar-refractivity contribution is -0.154. The van der Waals surface area contributed by atoms with Gasteiger partial charge in [0.2, 0.25) is 0 Å². The van der Waals surface area contributed by atoms with E-state index in [1.165, 1.54) is 51.4 Å². The predicted molar refractivity (Wildman–Crippen MR) is 175 cm³/mol. The number of rotatable bonds is 24. The first-order valence-corrected chi connectivity index (χ1v) is 16.4. The minimum atomic E-state index is -0.654. The summed E-state index contributed by atoms with van der Waals surface area (Å²) in [6.07, 6.45) is 11.7. The van der Waals surface area contributed by atoms with Crippen molar-refractivity contribution in [3.05, 3.63) is 102 Å². The highest BCUT2D eigenvalue weighted by molar-refractivity contribution is 5.26. The molecule has 0 heterocycles. The van der Waals surface area contributed by atoms with Crippen molar-refractivity contribution < 1.29 is 24.1 Å². The topological polar surface area (TPSA) is 57.2 Å². The molecule has 0 bridgehead atoms. The third-order valence-electron chi connectivity index (χ3n) is 7.90. The maximum absolute atomic E-state index is 11.5. The molecule has 3 atom stereocenters. The van der Waals surface area contributed by atoms with E-state index in [9.17, 15) is 5.11 Å². The van der Waals surface area contributed by atoms with E-state index in [1.807, 2.05) is 72.8 Å². The van der Waals surface area contributed by atoms with Gasteiger partial charge < -0.3 is 24.1 Å². The number of hydrogen-bond donors (Lipinski definition) is 1. The van der Waals surface area contributed by atoms with E-state index >= 15 is 0 Å². The second-order valence-electron chi connectivity index (χ2n) is 11.5. The van der Waals surface area contributed by atoms with Gasteiger partial charge in [-0.1, -0.05) is 144 Å². The van der Waals surface area contributed by atoms with Gasteiger partial charge in [-0.15, -0.1) is 0 Å². The fraction of sp³-hybridized carbons (Fsp3) is 0.526. The van der Waals surface area contributed by atoms with Crippen LogP contribution in [-0.2, 0) is 34.0 Å². The molecule has 0 radical (unpaired) electrons. The minimum absolute atomic E-state index is 0.319. The third-order valence-corrected chi connectivity index (χ3v) is 7.90. The third kappa shape index (κ3) is 14.6. The second-order valence-corrected chi connectivity index (χ2v) is 11.5. The summed E-state index contributed by atoms with van der Waals surface area (Å²) in [6.45, 7) is 3.85. The number of aliphatic hydroxyl groups excluding tert-OH is 1. The van der Waals surface area contributed by atoms with E-state index in [1.54, 1.807) is 7.11 Å². The molecule has 0 fully saturated rings. The molecule has 0 saturated heterocycles. The standard InChI is InChI=1S/C38H54O5/c1-3-4-5-6-7-8-9-10-11-18-23-36(39)38(43-30-33-21-16-13-17-22-33)37(31-41-28-32-19-14-12-15-20-32)42-29-34-24-26-35(40-2)27-25-34/h12-17,19-22,24-27,36-39H,3-11,18,23,28-31H2,1-2H3/t36?,37-,38-/m1/s1. The van der Waals surface area contributed by atoms with Crippen LogP contribution in [0, 0.1) is 0 Å². The Morgan fingerprint density at radius 1 is 0.581 bits per heavy atom. The highest BCUT2D eigenvalue weighted by Crippen LogP contribution is 2.21. The molecule has 0 aliphatic carbocycles. The monoisotopic (exact) mass is 590 g/mol. The van der Waals surface area contributed by atoms with Crippen molar-refractivity contribution in [1.82, 2.24) is 0 Å². The number of hydrogen-bond acceptors (Lipinski definition) is 5. The van der Waals surface area contributed by atoms with Crippen molar-refractivity contribution in [2.45, 2.75) is 116 Å². The van der Waals surface area contributed by atoms with E-state index in [4.69, 9.17) is 18.9 Å². The summed E-state index contributed by atoms with van der Waals surface area (Å²) in [4.78, 5) is 0. The molecular formula is C38H54O5. The highest BCUT2D eigenvalue weighted by atomic mass is 16.6. The predicted octanol–water partition coefficient (Wildman–Crippen LogP) is 9.05. The molecular weight excluding hydrogens is 536 g/mol. The molecule has 3 rings (SSSR count). The molecule has 0 amide bonds. The van der Waals surface area contributed by atoms with E-state index in [0.717, 1.165) is 35.3 Å². The average molecular weight is 591 g/mol. The van der Waals surface area contributed by atoms with Crippen molar-refractivity contribution in [2.24, 2.45) is 0 Å². The number of benzene rings is 3. The molecule has 0 spiro atoms. The van der Waals surface area contributed by atoms with Crippen LogP contribution < -0.4 is 4.74 Å². The zero-order valence-electron chi connectivity index (χ0n) is 26.5. The molecule has 43 heavy (non-hydrogen) atoms. The largest absolute Gasteiger partial charge is 0.497 e. The van der Waals surface area contributed by atoms with Gasteiger partial charge in [0.25, 0.3) is 0 Å². The maximum atomic E-state index is 11.5. The Hall–Kier alpha value is -2.70. The van der Waals surface area contributed by atoms with Gasteiger partial charge in [-0.2, -0.15) is 0 Å². The van der Waals surface area contributed by atoms with Gasteiger partial charge in [0.1, 0.15) is 18.0 Å². The molecule has 0 aliphatic heterocycles. The minimum Gasteiger partial charge on any atom is -0.497 e. The van der Waals surface area contributed by atoms with Gasteiger partial charge >= 0.3 is 0 Å². The Kier molecular flexibility index (Phi) is 17.7. The number of methoxy groups -OCH3 is 1. The summed E-state index contributed by atoms with van der Waals surface area (Å²) in [5, 5.41) is 11.5. The maximum Gasteiger partial charge on any atom is 0.118 e. The number of unbranched alkanes of at least 4 members (excludes halogenated alkanes) is 9. The molecule has 1 N–H and O–H groups in total. The molecule has 5 heteroatoms. The summed E-state index contributed by atoms with van der Waals surface area (Å²) < 4.78 is 24.4. The quantitative estimate of drug-likeness (QED) is 0.106. The van der Waals surface area contributed by atoms with Gasteiger partial charge in [0, 0.05) is 0 Å². The molecule has 236 valence electrons. The fourth-order valence-corrected chi connectivity index (χ4v) is 5.27. The zero-order valence-corrected chi connectivity index (χ0v) is 26.5. The molecule has 3 aromatic carbocycles. The van der Waals surface area contributed by atoms with E-state index in [0.29, 0.717) is 32.8 Å². The second kappa shape index (κ2) is 21.9. The molecule has 3 aromatic rings. The summed E-state index contributed by atoms with van der Waals surface area (Å²) in [6, 6.07) is 28.1. The van der Waals surface area contributed by atoms with E-state index in [2.05, 4.69) is 19.1 Å². The summed E-state index contributed by atoms with van der Waals surface area (Å²) in [5.74, 6) is 0.808. The number of aliphatic hydroxyl groups is 1. The van der Waals surface area contributed by atoms with Crippen molar-refractivity contribution >= 4 is 0 Å². The van der Waals surface area contributed by atoms with Crippen LogP contribution in [0.4, 0.5) is 0 Å². The fourth-order valence-electron chi connectivity index (χ4n) is 5.27. The first kappa shape index (κ1) is 34.8. The summed E-state index contributed by atoms with van der Waals surface area (Å²) >= 11 is 0. The van der Waals surface area contributed by atoms with Gasteiger partial charge in [-0.05, 0) is 35.2 Å². The van der Waals surface area contributed by atoms with Gasteiger partial charge in [0.15, 0.2) is 0 Å².